The molecule has 1 aromatic rings. The fourth-order valence-corrected chi connectivity index (χ4v) is 2.76. The molecule has 98 valence electrons. The molecule has 0 aliphatic heterocycles. The second-order valence-electron chi connectivity index (χ2n) is 4.94. The van der Waals surface area contributed by atoms with Gasteiger partial charge in [-0.3, -0.25) is 0 Å². The molecule has 0 aliphatic rings. The smallest absolute Gasteiger partial charge is 0.00388 e. The van der Waals surface area contributed by atoms with Crippen LogP contribution in [0.1, 0.15) is 57.9 Å². The van der Waals surface area contributed by atoms with Crippen molar-refractivity contribution in [2.24, 2.45) is 0 Å². The van der Waals surface area contributed by atoms with Crippen molar-refractivity contribution in [3.8, 4) is 0 Å². The summed E-state index contributed by atoms with van der Waals surface area (Å²) in [5.74, 6) is 0. The molecule has 2 heteroatoms. The number of thiophene rings is 1. The molecule has 0 fully saturated rings. The molecule has 1 atom stereocenters. The average molecular weight is 253 g/mol. The lowest BCUT2D eigenvalue weighted by atomic mass is 10.1. The van der Waals surface area contributed by atoms with E-state index in [2.05, 4.69) is 36.0 Å². The van der Waals surface area contributed by atoms with E-state index >= 15 is 0 Å². The normalized spacial score (nSPS) is 12.8. The van der Waals surface area contributed by atoms with Crippen LogP contribution < -0.4 is 5.32 Å². The van der Waals surface area contributed by atoms with Gasteiger partial charge in [0.05, 0.1) is 0 Å². The maximum atomic E-state index is 3.62. The molecule has 0 saturated carbocycles. The van der Waals surface area contributed by atoms with Gasteiger partial charge in [-0.2, -0.15) is 11.3 Å². The molecule has 0 aliphatic carbocycles. The molecule has 1 aromatic heterocycles. The number of rotatable bonds is 10. The van der Waals surface area contributed by atoms with E-state index in [1.807, 2.05) is 0 Å². The van der Waals surface area contributed by atoms with Gasteiger partial charge in [-0.1, -0.05) is 39.0 Å². The molecule has 17 heavy (non-hydrogen) atoms. The van der Waals surface area contributed by atoms with E-state index < -0.39 is 0 Å². The van der Waals surface area contributed by atoms with Crippen LogP contribution in [0, 0.1) is 0 Å². The largest absolute Gasteiger partial charge is 0.314 e. The zero-order valence-corrected chi connectivity index (χ0v) is 12.2. The topological polar surface area (TPSA) is 12.0 Å². The van der Waals surface area contributed by atoms with Crippen molar-refractivity contribution < 1.29 is 0 Å². The fourth-order valence-electron chi connectivity index (χ4n) is 2.05. The maximum Gasteiger partial charge on any atom is 0.00388 e. The second kappa shape index (κ2) is 9.67. The standard InChI is InChI=1S/C15H27NS/c1-3-4-5-6-7-8-14(2)16-11-9-15-10-12-17-13-15/h10,12-14,16H,3-9,11H2,1-2H3. The van der Waals surface area contributed by atoms with Crippen LogP contribution in [0.5, 0.6) is 0 Å². The van der Waals surface area contributed by atoms with Crippen molar-refractivity contribution >= 4 is 11.3 Å². The Bertz CT molecular complexity index is 256. The maximum absolute atomic E-state index is 3.62. The van der Waals surface area contributed by atoms with E-state index in [9.17, 15) is 0 Å². The van der Waals surface area contributed by atoms with Gasteiger partial charge in [0.2, 0.25) is 0 Å². The molecular weight excluding hydrogens is 226 g/mol. The molecule has 0 saturated heterocycles. The summed E-state index contributed by atoms with van der Waals surface area (Å²) < 4.78 is 0. The van der Waals surface area contributed by atoms with Gasteiger partial charge in [0, 0.05) is 6.04 Å². The van der Waals surface area contributed by atoms with Gasteiger partial charge in [-0.25, -0.2) is 0 Å². The number of hydrogen-bond acceptors (Lipinski definition) is 2. The van der Waals surface area contributed by atoms with Crippen LogP contribution in [0.15, 0.2) is 16.8 Å². The third-order valence-corrected chi connectivity index (χ3v) is 3.96. The summed E-state index contributed by atoms with van der Waals surface area (Å²) in [6.07, 6.45) is 9.45. The van der Waals surface area contributed by atoms with Gasteiger partial charge in [-0.05, 0) is 48.7 Å². The summed E-state index contributed by atoms with van der Waals surface area (Å²) in [4.78, 5) is 0. The van der Waals surface area contributed by atoms with Crippen molar-refractivity contribution in [3.05, 3.63) is 22.4 Å². The van der Waals surface area contributed by atoms with Gasteiger partial charge in [-0.15, -0.1) is 0 Å². The third kappa shape index (κ3) is 7.56. The Morgan fingerprint density at radius 2 is 2.06 bits per heavy atom. The predicted molar refractivity (Wildman–Crippen MR) is 78.9 cm³/mol. The zero-order chi connectivity index (χ0) is 12.3. The summed E-state index contributed by atoms with van der Waals surface area (Å²) in [5.41, 5.74) is 1.47. The van der Waals surface area contributed by atoms with Crippen LogP contribution in [-0.4, -0.2) is 12.6 Å². The molecule has 1 nitrogen and oxygen atoms in total. The van der Waals surface area contributed by atoms with E-state index in [4.69, 9.17) is 0 Å². The summed E-state index contributed by atoms with van der Waals surface area (Å²) in [5, 5.41) is 8.02. The molecule has 0 radical (unpaired) electrons. The van der Waals surface area contributed by atoms with Crippen LogP contribution in [0.4, 0.5) is 0 Å². The van der Waals surface area contributed by atoms with E-state index in [0.717, 1.165) is 6.54 Å². The highest BCUT2D eigenvalue weighted by molar-refractivity contribution is 7.07. The third-order valence-electron chi connectivity index (χ3n) is 3.23. The first kappa shape index (κ1) is 14.7. The summed E-state index contributed by atoms with van der Waals surface area (Å²) in [6.45, 7) is 5.70. The molecule has 1 rings (SSSR count). The first-order chi connectivity index (χ1) is 8.33. The second-order valence-corrected chi connectivity index (χ2v) is 5.72. The van der Waals surface area contributed by atoms with Gasteiger partial charge >= 0.3 is 0 Å². The minimum absolute atomic E-state index is 0.676. The summed E-state index contributed by atoms with van der Waals surface area (Å²) >= 11 is 1.79. The van der Waals surface area contributed by atoms with Crippen LogP contribution in [-0.2, 0) is 6.42 Å². The highest BCUT2D eigenvalue weighted by Gasteiger charge is 2.01. The first-order valence-electron chi connectivity index (χ1n) is 7.07. The monoisotopic (exact) mass is 253 g/mol. The van der Waals surface area contributed by atoms with Crippen LogP contribution >= 0.6 is 11.3 Å². The molecule has 0 amide bonds. The Kier molecular flexibility index (Phi) is 8.37. The van der Waals surface area contributed by atoms with Crippen LogP contribution in [0.25, 0.3) is 0 Å². The number of unbranched alkanes of at least 4 members (excludes halogenated alkanes) is 4. The Labute approximate surface area is 111 Å². The molecule has 0 bridgehead atoms. The molecular formula is C15H27NS. The van der Waals surface area contributed by atoms with Gasteiger partial charge in [0.25, 0.3) is 0 Å². The van der Waals surface area contributed by atoms with E-state index in [0.29, 0.717) is 6.04 Å². The Hall–Kier alpha value is -0.340. The average Bonchev–Trinajstić information content (AvgIpc) is 2.82. The van der Waals surface area contributed by atoms with Crippen molar-refractivity contribution in [2.45, 2.75) is 64.8 Å². The van der Waals surface area contributed by atoms with Crippen LogP contribution in [0.2, 0.25) is 0 Å². The molecule has 1 heterocycles. The number of hydrogen-bond donors (Lipinski definition) is 1. The lowest BCUT2D eigenvalue weighted by molar-refractivity contribution is 0.483. The quantitative estimate of drug-likeness (QED) is 0.600. The van der Waals surface area contributed by atoms with Crippen molar-refractivity contribution in [3.63, 3.8) is 0 Å². The SMILES string of the molecule is CCCCCCCC(C)NCCc1ccsc1. The molecule has 1 N–H and O–H groups in total. The fraction of sp³-hybridized carbons (Fsp3) is 0.733. The van der Waals surface area contributed by atoms with Gasteiger partial charge < -0.3 is 5.32 Å². The molecule has 1 unspecified atom stereocenters. The van der Waals surface area contributed by atoms with Gasteiger partial charge in [0.1, 0.15) is 0 Å². The Morgan fingerprint density at radius 3 is 2.76 bits per heavy atom. The highest BCUT2D eigenvalue weighted by atomic mass is 32.1. The predicted octanol–water partition coefficient (Wildman–Crippen LogP) is 4.63. The molecule has 0 aromatic carbocycles. The summed E-state index contributed by atoms with van der Waals surface area (Å²) in [7, 11) is 0. The zero-order valence-electron chi connectivity index (χ0n) is 11.4. The lowest BCUT2D eigenvalue weighted by Crippen LogP contribution is -2.27. The summed E-state index contributed by atoms with van der Waals surface area (Å²) in [6, 6.07) is 2.90. The van der Waals surface area contributed by atoms with Crippen molar-refractivity contribution in [1.29, 1.82) is 0 Å². The van der Waals surface area contributed by atoms with Crippen molar-refractivity contribution in [1.82, 2.24) is 5.32 Å². The number of nitrogens with one attached hydrogen (secondary N) is 1. The van der Waals surface area contributed by atoms with Crippen LogP contribution in [0.3, 0.4) is 0 Å². The first-order valence-corrected chi connectivity index (χ1v) is 8.01. The Balaban J connectivity index is 1.92. The van der Waals surface area contributed by atoms with Crippen molar-refractivity contribution in [2.75, 3.05) is 6.54 Å². The lowest BCUT2D eigenvalue weighted by Gasteiger charge is -2.13. The van der Waals surface area contributed by atoms with E-state index in [-0.39, 0.29) is 0 Å². The molecule has 0 spiro atoms. The minimum Gasteiger partial charge on any atom is -0.314 e. The van der Waals surface area contributed by atoms with E-state index in [1.165, 1.54) is 50.5 Å². The Morgan fingerprint density at radius 1 is 1.24 bits per heavy atom. The minimum atomic E-state index is 0.676. The highest BCUT2D eigenvalue weighted by Crippen LogP contribution is 2.08. The van der Waals surface area contributed by atoms with E-state index in [1.54, 1.807) is 11.3 Å². The van der Waals surface area contributed by atoms with Gasteiger partial charge in [0.15, 0.2) is 0 Å².